The Bertz CT molecular complexity index is 763. The number of benzene rings is 1. The van der Waals surface area contributed by atoms with Gasteiger partial charge in [0.05, 0.1) is 5.92 Å². The predicted molar refractivity (Wildman–Crippen MR) is 121 cm³/mol. The molecular formula is C27H36FNO2. The maximum Gasteiger partial charge on any atom is 0.309 e. The number of ether oxygens (including phenoxy) is 1. The summed E-state index contributed by atoms with van der Waals surface area (Å²) in [5.41, 5.74) is 2.85. The maximum absolute atomic E-state index is 13.1. The van der Waals surface area contributed by atoms with Gasteiger partial charge in [0.15, 0.2) is 5.83 Å². The molecule has 31 heavy (non-hydrogen) atoms. The van der Waals surface area contributed by atoms with Crippen molar-refractivity contribution in [2.75, 3.05) is 0 Å². The van der Waals surface area contributed by atoms with Gasteiger partial charge in [0.1, 0.15) is 12.2 Å². The minimum Gasteiger partial charge on any atom is -0.462 e. The van der Waals surface area contributed by atoms with Crippen LogP contribution in [0.5, 0.6) is 0 Å². The minimum atomic E-state index is -0.714. The molecule has 0 saturated heterocycles. The van der Waals surface area contributed by atoms with Crippen LogP contribution in [0, 0.1) is 23.2 Å². The van der Waals surface area contributed by atoms with Gasteiger partial charge in [0.2, 0.25) is 0 Å². The number of carbonyl (C=O) groups excluding carboxylic acids is 1. The molecule has 0 atom stereocenters. The van der Waals surface area contributed by atoms with Crippen molar-refractivity contribution in [1.29, 1.82) is 5.26 Å². The van der Waals surface area contributed by atoms with E-state index in [9.17, 15) is 9.18 Å². The first-order chi connectivity index (χ1) is 15.1. The molecule has 0 amide bonds. The van der Waals surface area contributed by atoms with E-state index < -0.39 is 5.83 Å². The van der Waals surface area contributed by atoms with Crippen molar-refractivity contribution in [3.63, 3.8) is 0 Å². The summed E-state index contributed by atoms with van der Waals surface area (Å²) in [5.74, 6) is -0.237. The van der Waals surface area contributed by atoms with Crippen LogP contribution in [0.25, 0.3) is 0 Å². The Hall–Kier alpha value is -2.15. The van der Waals surface area contributed by atoms with E-state index in [0.717, 1.165) is 51.4 Å². The second-order valence-electron chi connectivity index (χ2n) is 9.35. The third kappa shape index (κ3) is 7.20. The van der Waals surface area contributed by atoms with Gasteiger partial charge in [0, 0.05) is 0 Å². The highest BCUT2D eigenvalue weighted by Crippen LogP contribution is 2.36. The summed E-state index contributed by atoms with van der Waals surface area (Å²) < 4.78 is 19.0. The molecule has 168 valence electrons. The normalized spacial score (nSPS) is 26.8. The molecule has 0 radical (unpaired) electrons. The maximum atomic E-state index is 13.1. The van der Waals surface area contributed by atoms with Crippen LogP contribution >= 0.6 is 0 Å². The third-order valence-electron chi connectivity index (χ3n) is 7.07. The van der Waals surface area contributed by atoms with E-state index in [1.165, 1.54) is 49.0 Å². The second-order valence-corrected chi connectivity index (χ2v) is 9.35. The molecule has 3 nitrogen and oxygen atoms in total. The van der Waals surface area contributed by atoms with Gasteiger partial charge in [-0.15, -0.1) is 0 Å². The molecule has 2 fully saturated rings. The van der Waals surface area contributed by atoms with E-state index >= 15 is 0 Å². The molecule has 0 aromatic heterocycles. The zero-order chi connectivity index (χ0) is 22.1. The molecule has 0 bridgehead atoms. The van der Waals surface area contributed by atoms with Gasteiger partial charge in [-0.25, -0.2) is 0 Å². The van der Waals surface area contributed by atoms with Gasteiger partial charge in [-0.05, 0) is 93.2 Å². The number of halogens is 1. The number of nitrogens with zero attached hydrogens (tertiary/aromatic N) is 1. The van der Waals surface area contributed by atoms with E-state index in [1.807, 2.05) is 0 Å². The average Bonchev–Trinajstić information content (AvgIpc) is 2.80. The Labute approximate surface area is 186 Å². The number of rotatable bonds is 8. The van der Waals surface area contributed by atoms with Gasteiger partial charge in [0.25, 0.3) is 0 Å². The zero-order valence-corrected chi connectivity index (χ0v) is 18.8. The van der Waals surface area contributed by atoms with Crippen LogP contribution in [-0.4, -0.2) is 12.1 Å². The minimum absolute atomic E-state index is 0.0331. The molecule has 0 unspecified atom stereocenters. The van der Waals surface area contributed by atoms with Crippen molar-refractivity contribution >= 4 is 5.97 Å². The topological polar surface area (TPSA) is 50.1 Å². The van der Waals surface area contributed by atoms with Gasteiger partial charge >= 0.3 is 5.97 Å². The van der Waals surface area contributed by atoms with E-state index in [1.54, 1.807) is 0 Å². The molecule has 1 aromatic carbocycles. The van der Waals surface area contributed by atoms with E-state index in [4.69, 9.17) is 10.00 Å². The lowest BCUT2D eigenvalue weighted by Crippen LogP contribution is -2.29. The van der Waals surface area contributed by atoms with Crippen molar-refractivity contribution < 1.29 is 13.9 Å². The molecular weight excluding hydrogens is 389 g/mol. The van der Waals surface area contributed by atoms with Crippen LogP contribution in [0.15, 0.2) is 36.2 Å². The third-order valence-corrected chi connectivity index (χ3v) is 7.07. The number of esters is 1. The van der Waals surface area contributed by atoms with E-state index in [-0.39, 0.29) is 23.9 Å². The summed E-state index contributed by atoms with van der Waals surface area (Å²) in [6, 6.07) is 10.7. The van der Waals surface area contributed by atoms with Crippen LogP contribution in [0.1, 0.15) is 94.6 Å². The number of hydrogen-bond donors (Lipinski definition) is 0. The first kappa shape index (κ1) is 23.5. The van der Waals surface area contributed by atoms with E-state index in [2.05, 4.69) is 31.2 Å². The number of nitriles is 1. The first-order valence-corrected chi connectivity index (χ1v) is 12.2. The zero-order valence-electron chi connectivity index (χ0n) is 18.8. The Morgan fingerprint density at radius 2 is 1.74 bits per heavy atom. The standard InChI is InChI=1S/C27H36FNO2/c1-2-3-4-5-20-6-10-22(11-7-20)23-14-16-26(17-15-23)31-27(30)24-12-8-21(9-13-24)18-25(28)19-29/h6-7,10-11,18,21,23-24,26H,2-5,8-9,12-17H2,1H3/t21-,23-,24-,26-. The molecule has 0 N–H and O–H groups in total. The summed E-state index contributed by atoms with van der Waals surface area (Å²) in [6.45, 7) is 2.24. The van der Waals surface area contributed by atoms with Gasteiger partial charge in [-0.2, -0.15) is 9.65 Å². The number of allylic oxidation sites excluding steroid dienone is 2. The summed E-state index contributed by atoms with van der Waals surface area (Å²) in [6.07, 6.45) is 13.4. The molecule has 4 heteroatoms. The van der Waals surface area contributed by atoms with Crippen molar-refractivity contribution in [2.24, 2.45) is 11.8 Å². The summed E-state index contributed by atoms with van der Waals surface area (Å²) in [4.78, 5) is 12.6. The van der Waals surface area contributed by atoms with Crippen molar-refractivity contribution in [2.45, 2.75) is 96.0 Å². The lowest BCUT2D eigenvalue weighted by molar-refractivity contribution is -0.157. The summed E-state index contributed by atoms with van der Waals surface area (Å²) in [7, 11) is 0. The number of unbranched alkanes of at least 4 members (excludes halogenated alkanes) is 2. The lowest BCUT2D eigenvalue weighted by Gasteiger charge is -2.31. The second kappa shape index (κ2) is 12.0. The van der Waals surface area contributed by atoms with Crippen molar-refractivity contribution in [3.05, 3.63) is 47.3 Å². The molecule has 0 heterocycles. The van der Waals surface area contributed by atoms with Crippen LogP contribution in [0.4, 0.5) is 4.39 Å². The van der Waals surface area contributed by atoms with Crippen LogP contribution in [0.3, 0.4) is 0 Å². The number of aryl methyl sites for hydroxylation is 1. The largest absolute Gasteiger partial charge is 0.462 e. The fourth-order valence-corrected chi connectivity index (χ4v) is 5.08. The summed E-state index contributed by atoms with van der Waals surface area (Å²) in [5, 5.41) is 8.56. The molecule has 0 spiro atoms. The van der Waals surface area contributed by atoms with Gasteiger partial charge in [-0.1, -0.05) is 44.0 Å². The summed E-state index contributed by atoms with van der Waals surface area (Å²) >= 11 is 0. The highest BCUT2D eigenvalue weighted by atomic mass is 19.1. The fourth-order valence-electron chi connectivity index (χ4n) is 5.08. The molecule has 2 aliphatic carbocycles. The highest BCUT2D eigenvalue weighted by Gasteiger charge is 2.30. The molecule has 3 rings (SSSR count). The predicted octanol–water partition coefficient (Wildman–Crippen LogP) is 7.17. The smallest absolute Gasteiger partial charge is 0.309 e. The van der Waals surface area contributed by atoms with Crippen LogP contribution in [0.2, 0.25) is 0 Å². The van der Waals surface area contributed by atoms with Crippen LogP contribution < -0.4 is 0 Å². The number of hydrogen-bond acceptors (Lipinski definition) is 3. The fraction of sp³-hybridized carbons (Fsp3) is 0.630. The quantitative estimate of drug-likeness (QED) is 0.252. The average molecular weight is 426 g/mol. The molecule has 1 aromatic rings. The van der Waals surface area contributed by atoms with Crippen molar-refractivity contribution in [1.82, 2.24) is 0 Å². The lowest BCUT2D eigenvalue weighted by atomic mass is 9.81. The van der Waals surface area contributed by atoms with E-state index in [0.29, 0.717) is 5.92 Å². The molecule has 2 saturated carbocycles. The SMILES string of the molecule is CCCCCc1ccc([C@H]2CC[C@H](OC(=O)[C@H]3CC[C@H](C=C(F)C#N)CC3)CC2)cc1. The van der Waals surface area contributed by atoms with Crippen molar-refractivity contribution in [3.8, 4) is 6.07 Å². The molecule has 0 aliphatic heterocycles. The Kier molecular flexibility index (Phi) is 9.13. The highest BCUT2D eigenvalue weighted by molar-refractivity contribution is 5.72. The Morgan fingerprint density at radius 3 is 2.35 bits per heavy atom. The molecule has 2 aliphatic rings. The van der Waals surface area contributed by atoms with Gasteiger partial charge in [-0.3, -0.25) is 4.79 Å². The van der Waals surface area contributed by atoms with Gasteiger partial charge < -0.3 is 4.74 Å². The number of carbonyl (C=O) groups is 1. The van der Waals surface area contributed by atoms with Crippen LogP contribution in [-0.2, 0) is 16.0 Å². The Morgan fingerprint density at radius 1 is 1.06 bits per heavy atom. The Balaban J connectivity index is 1.39. The first-order valence-electron chi connectivity index (χ1n) is 12.2. The monoisotopic (exact) mass is 425 g/mol.